The first kappa shape index (κ1) is 60.2. The van der Waals surface area contributed by atoms with Gasteiger partial charge in [0.1, 0.15) is 24.7 Å². The number of nitrogens with two attached hydrogens (primary N) is 1. The van der Waals surface area contributed by atoms with Crippen molar-refractivity contribution in [1.82, 2.24) is 59.8 Å². The number of fused-ring (bicyclic) bond motifs is 2. The van der Waals surface area contributed by atoms with E-state index in [0.717, 1.165) is 81.7 Å². The summed E-state index contributed by atoms with van der Waals surface area (Å²) >= 11 is 0. The minimum atomic E-state index is -0.639. The number of benzene rings is 3. The van der Waals surface area contributed by atoms with E-state index in [2.05, 4.69) is 57.8 Å². The van der Waals surface area contributed by atoms with Gasteiger partial charge in [-0.15, -0.1) is 0 Å². The van der Waals surface area contributed by atoms with E-state index in [0.29, 0.717) is 129 Å². The van der Waals surface area contributed by atoms with Gasteiger partial charge in [0.25, 0.3) is 5.91 Å². The zero-order chi connectivity index (χ0) is 60.7. The second-order valence-corrected chi connectivity index (χ2v) is 23.9. The Bertz CT molecular complexity index is 3520. The zero-order valence-electron chi connectivity index (χ0n) is 49.7. The van der Waals surface area contributed by atoms with Crippen molar-refractivity contribution < 1.29 is 42.7 Å². The summed E-state index contributed by atoms with van der Waals surface area (Å²) in [7, 11) is 1.21. The minimum absolute atomic E-state index is 0.0834. The van der Waals surface area contributed by atoms with E-state index in [1.54, 1.807) is 25.4 Å². The molecule has 6 aromatic rings. The van der Waals surface area contributed by atoms with Gasteiger partial charge in [-0.1, -0.05) is 24.3 Å². The number of hydrogen-bond donors (Lipinski definition) is 4. The predicted molar refractivity (Wildman–Crippen MR) is 324 cm³/mol. The molecule has 0 bridgehead atoms. The monoisotopic (exact) mass is 1190 g/mol. The lowest BCUT2D eigenvalue weighted by Crippen LogP contribution is -2.50. The number of halogens is 1. The molecule has 24 heteroatoms. The molecule has 23 nitrogen and oxygen atoms in total. The Morgan fingerprint density at radius 2 is 1.33 bits per heavy atom. The maximum absolute atomic E-state index is 16.0. The number of piperidine rings is 5. The van der Waals surface area contributed by atoms with E-state index in [4.69, 9.17) is 10.7 Å². The number of carbonyl (C=O) groups excluding carboxylic acids is 7. The molecule has 5 fully saturated rings. The molecule has 5 N–H and O–H groups in total. The molecule has 5 aliphatic heterocycles. The van der Waals surface area contributed by atoms with Crippen LogP contribution in [0.2, 0.25) is 0 Å². The Kier molecular flexibility index (Phi) is 18.7. The van der Waals surface area contributed by atoms with Gasteiger partial charge in [-0.2, -0.15) is 10.2 Å². The van der Waals surface area contributed by atoms with Crippen LogP contribution >= 0.6 is 0 Å². The highest BCUT2D eigenvalue weighted by molar-refractivity contribution is 6.00. The Labute approximate surface area is 504 Å². The number of aryl methyl sites for hydroxylation is 1. The highest BCUT2D eigenvalue weighted by Gasteiger charge is 2.36. The van der Waals surface area contributed by atoms with Crippen LogP contribution in [-0.2, 0) is 46.6 Å². The fraction of sp³-hybridized carbons (Fsp3) is 0.508. The Balaban J connectivity index is 0.594. The van der Waals surface area contributed by atoms with Gasteiger partial charge in [0.2, 0.25) is 29.5 Å². The van der Waals surface area contributed by atoms with E-state index in [9.17, 15) is 33.6 Å². The predicted octanol–water partition coefficient (Wildman–Crippen LogP) is 5.12. The van der Waals surface area contributed by atoms with Crippen LogP contribution in [0, 0.1) is 30.5 Å². The third kappa shape index (κ3) is 14.0. The summed E-state index contributed by atoms with van der Waals surface area (Å²) in [6, 6.07) is 16.9. The molecule has 3 aromatic heterocycles. The van der Waals surface area contributed by atoms with Crippen LogP contribution in [0.4, 0.5) is 21.7 Å². The van der Waals surface area contributed by atoms with Crippen molar-refractivity contribution in [1.29, 1.82) is 0 Å². The molecule has 5 aliphatic rings. The van der Waals surface area contributed by atoms with Gasteiger partial charge in [0.05, 0.1) is 49.3 Å². The van der Waals surface area contributed by atoms with Crippen molar-refractivity contribution in [2.75, 3.05) is 102 Å². The van der Waals surface area contributed by atoms with E-state index in [1.165, 1.54) is 29.8 Å². The van der Waals surface area contributed by atoms with E-state index in [1.807, 2.05) is 49.7 Å². The second kappa shape index (κ2) is 27.0. The van der Waals surface area contributed by atoms with Crippen LogP contribution in [0.15, 0.2) is 67.0 Å². The molecule has 0 aliphatic carbocycles. The van der Waals surface area contributed by atoms with Crippen LogP contribution in [0.25, 0.3) is 32.9 Å². The summed E-state index contributed by atoms with van der Waals surface area (Å²) in [5.41, 5.74) is 10.8. The summed E-state index contributed by atoms with van der Waals surface area (Å²) in [4.78, 5) is 109. The van der Waals surface area contributed by atoms with E-state index in [-0.39, 0.29) is 54.9 Å². The van der Waals surface area contributed by atoms with Crippen LogP contribution < -0.4 is 26.6 Å². The second-order valence-electron chi connectivity index (χ2n) is 23.9. The molecule has 11 rings (SSSR count). The highest BCUT2D eigenvalue weighted by Crippen LogP contribution is 2.37. The van der Waals surface area contributed by atoms with Crippen molar-refractivity contribution in [2.24, 2.45) is 23.5 Å². The molecule has 0 spiro atoms. The average molecular weight is 1190 g/mol. The number of amides is 6. The first-order chi connectivity index (χ1) is 42.2. The van der Waals surface area contributed by atoms with Gasteiger partial charge in [0.15, 0.2) is 11.5 Å². The molecule has 0 unspecified atom stereocenters. The number of nitrogens with one attached hydrogen (secondary N) is 3. The van der Waals surface area contributed by atoms with Crippen molar-refractivity contribution in [2.45, 2.75) is 96.6 Å². The normalized spacial score (nSPS) is 17.8. The lowest BCUT2D eigenvalue weighted by molar-refractivity contribution is -0.145. The Morgan fingerprint density at radius 3 is 2.00 bits per heavy atom. The molecule has 8 heterocycles. The van der Waals surface area contributed by atoms with Gasteiger partial charge < -0.3 is 46.0 Å². The van der Waals surface area contributed by atoms with Gasteiger partial charge >= 0.3 is 5.97 Å². The number of aromatic nitrogens is 6. The Hall–Kier alpha value is -8.54. The topological polar surface area (TPSA) is 268 Å². The Morgan fingerprint density at radius 1 is 0.678 bits per heavy atom. The van der Waals surface area contributed by atoms with Crippen LogP contribution in [-0.4, -0.2) is 183 Å². The molecule has 5 saturated heterocycles. The number of hydrogen-bond acceptors (Lipinski definition) is 15. The molecule has 460 valence electrons. The standard InChI is InChI=1S/C63H78FN15O8/c1-40-58-48(7-6-8-51(58)79(72-40)38-55(81)66-35-54(80)67-36-57(83)87-2)49-32-52-46(31-50(49)64)33-69-78(52)37-41-13-23-73(24-14-41)39-56(82)75-25-17-44(18-26-75)62(85)77-29-19-45(20-30-77)63(86)76-27-15-43(16-28-76)42-9-11-47(12-10-42)70-61-59(60(65)84)68-34-53(71-61)74-21-4-3-5-22-74/h6-12,31-34,41,43-45H,3-5,13-30,35-39H2,1-2H3,(H2,65,84)(H,66,81)(H,67,80)(H,70,71). The van der Waals surface area contributed by atoms with E-state index >= 15 is 4.39 Å². The fourth-order valence-corrected chi connectivity index (χ4v) is 13.3. The summed E-state index contributed by atoms with van der Waals surface area (Å²) in [5, 5.41) is 18.8. The fourth-order valence-electron chi connectivity index (χ4n) is 13.3. The zero-order valence-corrected chi connectivity index (χ0v) is 49.7. The molecule has 0 radical (unpaired) electrons. The third-order valence-electron chi connectivity index (χ3n) is 18.3. The first-order valence-electron chi connectivity index (χ1n) is 30.7. The third-order valence-corrected chi connectivity index (χ3v) is 18.3. The largest absolute Gasteiger partial charge is 0.468 e. The van der Waals surface area contributed by atoms with Crippen molar-refractivity contribution in [3.63, 3.8) is 0 Å². The summed E-state index contributed by atoms with van der Waals surface area (Å²) in [5.74, 6) is -0.826. The van der Waals surface area contributed by atoms with Crippen LogP contribution in [0.3, 0.4) is 0 Å². The molecule has 87 heavy (non-hydrogen) atoms. The quantitative estimate of drug-likeness (QED) is 0.0814. The van der Waals surface area contributed by atoms with Crippen LogP contribution in [0.1, 0.15) is 98.3 Å². The minimum Gasteiger partial charge on any atom is -0.468 e. The number of nitrogens with zero attached hydrogens (tertiary/aromatic N) is 11. The molecular formula is C63H78FN15O8. The smallest absolute Gasteiger partial charge is 0.325 e. The molecule has 6 amide bonds. The van der Waals surface area contributed by atoms with Crippen molar-refractivity contribution in [3.05, 3.63) is 89.8 Å². The summed E-state index contributed by atoms with van der Waals surface area (Å²) < 4.78 is 24.0. The van der Waals surface area contributed by atoms with Crippen molar-refractivity contribution in [3.8, 4) is 11.1 Å². The molecule has 0 saturated carbocycles. The first-order valence-corrected chi connectivity index (χ1v) is 30.7. The SMILES string of the molecule is COC(=O)CNC(=O)CNC(=O)Cn1nc(C)c2c(-c3cc4c(cnn4CC4CCN(CC(=O)N5CCC(C(=O)N6CCC(C(=O)N7CCC(c8ccc(Nc9nc(N%10CCCCC%10)cnc9C(N)=O)cc8)CC7)CC6)CC5)CC4)cc3F)cccc21. The lowest BCUT2D eigenvalue weighted by atomic mass is 9.87. The summed E-state index contributed by atoms with van der Waals surface area (Å²) in [6.07, 6.45) is 12.7. The number of anilines is 3. The molecule has 3 aromatic carbocycles. The maximum Gasteiger partial charge on any atom is 0.325 e. The van der Waals surface area contributed by atoms with Crippen LogP contribution in [0.5, 0.6) is 0 Å². The van der Waals surface area contributed by atoms with E-state index < -0.39 is 29.5 Å². The average Bonchev–Trinajstić information content (AvgIpc) is 2.05. The molecular weight excluding hydrogens is 1110 g/mol. The number of primary amides is 1. The van der Waals surface area contributed by atoms with Gasteiger partial charge in [0, 0.05) is 92.8 Å². The number of esters is 1. The summed E-state index contributed by atoms with van der Waals surface area (Å²) in [6.45, 7) is 8.86. The molecule has 0 atom stereocenters. The maximum atomic E-state index is 16.0. The van der Waals surface area contributed by atoms with Gasteiger partial charge in [-0.05, 0) is 144 Å². The van der Waals surface area contributed by atoms with Crippen molar-refractivity contribution >= 4 is 80.5 Å². The number of ether oxygens (including phenoxy) is 1. The highest BCUT2D eigenvalue weighted by atomic mass is 19.1. The number of rotatable bonds is 18. The number of likely N-dealkylation sites (tertiary alicyclic amines) is 4. The number of methoxy groups -OCH3 is 1. The van der Waals surface area contributed by atoms with Gasteiger partial charge in [-0.25, -0.2) is 14.4 Å². The number of carbonyl (C=O) groups is 7. The van der Waals surface area contributed by atoms with Gasteiger partial charge in [-0.3, -0.25) is 47.8 Å². The lowest BCUT2D eigenvalue weighted by Gasteiger charge is -2.39.